The van der Waals surface area contributed by atoms with Crippen molar-refractivity contribution < 1.29 is 4.79 Å². The Morgan fingerprint density at radius 1 is 1.26 bits per heavy atom. The molecular weight excluding hydrogens is 238 g/mol. The van der Waals surface area contributed by atoms with E-state index < -0.39 is 0 Å². The molecule has 19 heavy (non-hydrogen) atoms. The summed E-state index contributed by atoms with van der Waals surface area (Å²) in [6.07, 6.45) is 7.40. The Hall–Kier alpha value is -0.610. The van der Waals surface area contributed by atoms with Crippen LogP contribution in [0.3, 0.4) is 0 Å². The van der Waals surface area contributed by atoms with Gasteiger partial charge >= 0.3 is 0 Å². The van der Waals surface area contributed by atoms with Gasteiger partial charge < -0.3 is 16.4 Å². The largest absolute Gasteiger partial charge is 0.349 e. The predicted octanol–water partition coefficient (Wildman–Crippen LogP) is 1.54. The van der Waals surface area contributed by atoms with E-state index in [4.69, 9.17) is 5.73 Å². The number of piperidine rings is 1. The summed E-state index contributed by atoms with van der Waals surface area (Å²) in [5.41, 5.74) is 5.65. The molecule has 2 rings (SSSR count). The van der Waals surface area contributed by atoms with Gasteiger partial charge in [0.15, 0.2) is 0 Å². The lowest BCUT2D eigenvalue weighted by molar-refractivity contribution is -0.124. The lowest BCUT2D eigenvalue weighted by Crippen LogP contribution is -2.53. The molecule has 0 radical (unpaired) electrons. The molecule has 2 aliphatic rings. The van der Waals surface area contributed by atoms with Crippen molar-refractivity contribution >= 4 is 5.91 Å². The van der Waals surface area contributed by atoms with E-state index in [1.165, 1.54) is 12.8 Å². The summed E-state index contributed by atoms with van der Waals surface area (Å²) in [6, 6.07) is 1.32. The Labute approximate surface area is 116 Å². The van der Waals surface area contributed by atoms with E-state index in [-0.39, 0.29) is 11.4 Å². The number of amides is 1. The minimum atomic E-state index is -0.191. The molecule has 1 amide bonds. The first-order valence-corrected chi connectivity index (χ1v) is 7.88. The van der Waals surface area contributed by atoms with Gasteiger partial charge in [-0.15, -0.1) is 0 Å². The van der Waals surface area contributed by atoms with E-state index in [2.05, 4.69) is 24.5 Å². The Bertz CT molecular complexity index is 294. The van der Waals surface area contributed by atoms with E-state index in [9.17, 15) is 4.79 Å². The van der Waals surface area contributed by atoms with Crippen LogP contribution in [0, 0.1) is 5.92 Å². The van der Waals surface area contributed by atoms with E-state index >= 15 is 0 Å². The maximum Gasteiger partial charge on any atom is 0.220 e. The maximum atomic E-state index is 12.3. The highest BCUT2D eigenvalue weighted by molar-refractivity contribution is 5.77. The van der Waals surface area contributed by atoms with Crippen LogP contribution >= 0.6 is 0 Å². The minimum Gasteiger partial charge on any atom is -0.349 e. The molecule has 110 valence electrons. The molecule has 0 aromatic rings. The molecule has 0 aliphatic carbocycles. The number of hydrogen-bond acceptors (Lipinski definition) is 3. The Morgan fingerprint density at radius 2 is 1.84 bits per heavy atom. The van der Waals surface area contributed by atoms with Crippen molar-refractivity contribution in [2.45, 2.75) is 76.4 Å². The topological polar surface area (TPSA) is 67.1 Å². The fourth-order valence-corrected chi connectivity index (χ4v) is 3.72. The van der Waals surface area contributed by atoms with Gasteiger partial charge in [0, 0.05) is 25.0 Å². The van der Waals surface area contributed by atoms with Gasteiger partial charge in [-0.3, -0.25) is 4.79 Å². The molecule has 0 aromatic heterocycles. The first-order chi connectivity index (χ1) is 9.10. The third-order valence-electron chi connectivity index (χ3n) is 5.19. The van der Waals surface area contributed by atoms with E-state index in [1.807, 2.05) is 0 Å². The SMILES string of the molecule is CCC(CC)(CN)NC(=O)CC1CC2CCC(C1)N2. The molecule has 2 bridgehead atoms. The van der Waals surface area contributed by atoms with Crippen molar-refractivity contribution in [3.8, 4) is 0 Å². The van der Waals surface area contributed by atoms with Crippen LogP contribution < -0.4 is 16.4 Å². The number of nitrogens with two attached hydrogens (primary N) is 1. The van der Waals surface area contributed by atoms with Gasteiger partial charge in [-0.05, 0) is 44.4 Å². The normalized spacial score (nSPS) is 30.4. The van der Waals surface area contributed by atoms with Gasteiger partial charge in [0.05, 0.1) is 5.54 Å². The summed E-state index contributed by atoms with van der Waals surface area (Å²) in [6.45, 7) is 4.73. The third kappa shape index (κ3) is 3.48. The molecule has 0 saturated carbocycles. The summed E-state index contributed by atoms with van der Waals surface area (Å²) >= 11 is 0. The Morgan fingerprint density at radius 3 is 2.32 bits per heavy atom. The smallest absolute Gasteiger partial charge is 0.220 e. The predicted molar refractivity (Wildman–Crippen MR) is 77.8 cm³/mol. The highest BCUT2D eigenvalue weighted by atomic mass is 16.1. The Kier molecular flexibility index (Phi) is 4.85. The molecule has 0 spiro atoms. The van der Waals surface area contributed by atoms with Gasteiger partial charge in [0.1, 0.15) is 0 Å². The summed E-state index contributed by atoms with van der Waals surface area (Å²) in [5, 5.41) is 6.82. The molecule has 0 aromatic carbocycles. The first-order valence-electron chi connectivity index (χ1n) is 7.88. The van der Waals surface area contributed by atoms with Crippen molar-refractivity contribution in [3.63, 3.8) is 0 Å². The van der Waals surface area contributed by atoms with Crippen LogP contribution in [0.2, 0.25) is 0 Å². The first kappa shape index (κ1) is 14.8. The monoisotopic (exact) mass is 267 g/mol. The van der Waals surface area contributed by atoms with Crippen molar-refractivity contribution in [1.29, 1.82) is 0 Å². The fourth-order valence-electron chi connectivity index (χ4n) is 3.72. The van der Waals surface area contributed by atoms with E-state index in [0.29, 0.717) is 31.0 Å². The number of carbonyl (C=O) groups excluding carboxylic acids is 1. The number of carbonyl (C=O) groups is 1. The number of rotatable bonds is 6. The molecule has 2 aliphatic heterocycles. The molecule has 4 nitrogen and oxygen atoms in total. The second-order valence-corrected chi connectivity index (χ2v) is 6.42. The van der Waals surface area contributed by atoms with Gasteiger partial charge in [0.2, 0.25) is 5.91 Å². The summed E-state index contributed by atoms with van der Waals surface area (Å²) in [5.74, 6) is 0.753. The zero-order valence-corrected chi connectivity index (χ0v) is 12.4. The summed E-state index contributed by atoms with van der Waals surface area (Å²) < 4.78 is 0. The van der Waals surface area contributed by atoms with Crippen molar-refractivity contribution in [1.82, 2.24) is 10.6 Å². The van der Waals surface area contributed by atoms with Crippen LogP contribution in [-0.2, 0) is 4.79 Å². The number of hydrogen-bond donors (Lipinski definition) is 3. The highest BCUT2D eigenvalue weighted by Gasteiger charge is 2.35. The second-order valence-electron chi connectivity index (χ2n) is 6.42. The van der Waals surface area contributed by atoms with Crippen LogP contribution in [0.25, 0.3) is 0 Å². The third-order valence-corrected chi connectivity index (χ3v) is 5.19. The number of fused-ring (bicyclic) bond motifs is 2. The summed E-state index contributed by atoms with van der Waals surface area (Å²) in [4.78, 5) is 12.3. The quantitative estimate of drug-likeness (QED) is 0.684. The van der Waals surface area contributed by atoms with Gasteiger partial charge in [-0.2, -0.15) is 0 Å². The fraction of sp³-hybridized carbons (Fsp3) is 0.933. The molecular formula is C15H29N3O. The molecule has 4 N–H and O–H groups in total. The molecule has 4 heteroatoms. The van der Waals surface area contributed by atoms with Crippen LogP contribution in [0.1, 0.15) is 58.8 Å². The minimum absolute atomic E-state index is 0.191. The molecule has 2 atom stereocenters. The van der Waals surface area contributed by atoms with E-state index in [1.54, 1.807) is 0 Å². The lowest BCUT2D eigenvalue weighted by Gasteiger charge is -2.33. The van der Waals surface area contributed by atoms with Crippen molar-refractivity contribution in [3.05, 3.63) is 0 Å². The zero-order valence-electron chi connectivity index (χ0n) is 12.4. The van der Waals surface area contributed by atoms with Gasteiger partial charge in [-0.25, -0.2) is 0 Å². The standard InChI is InChI=1S/C15H29N3O/c1-3-15(4-2,10-16)18-14(19)9-11-7-12-5-6-13(8-11)17-12/h11-13,17H,3-10,16H2,1-2H3,(H,18,19). The molecule has 2 saturated heterocycles. The molecule has 2 heterocycles. The second kappa shape index (κ2) is 6.23. The van der Waals surface area contributed by atoms with Crippen LogP contribution in [0.15, 0.2) is 0 Å². The zero-order chi connectivity index (χ0) is 13.9. The average Bonchev–Trinajstić information content (AvgIpc) is 2.75. The van der Waals surface area contributed by atoms with Gasteiger partial charge in [-0.1, -0.05) is 13.8 Å². The van der Waals surface area contributed by atoms with Crippen molar-refractivity contribution in [2.75, 3.05) is 6.54 Å². The average molecular weight is 267 g/mol. The van der Waals surface area contributed by atoms with Crippen molar-refractivity contribution in [2.24, 2.45) is 11.7 Å². The molecule has 2 unspecified atom stereocenters. The number of nitrogens with one attached hydrogen (secondary N) is 2. The summed E-state index contributed by atoms with van der Waals surface area (Å²) in [7, 11) is 0. The maximum absolute atomic E-state index is 12.3. The van der Waals surface area contributed by atoms with Crippen LogP contribution in [0.4, 0.5) is 0 Å². The molecule has 2 fully saturated rings. The lowest BCUT2D eigenvalue weighted by atomic mass is 9.88. The highest BCUT2D eigenvalue weighted by Crippen LogP contribution is 2.32. The van der Waals surface area contributed by atoms with Crippen LogP contribution in [-0.4, -0.2) is 30.1 Å². The van der Waals surface area contributed by atoms with Crippen LogP contribution in [0.5, 0.6) is 0 Å². The van der Waals surface area contributed by atoms with Gasteiger partial charge in [0.25, 0.3) is 0 Å². The Balaban J connectivity index is 1.84. The van der Waals surface area contributed by atoms with E-state index in [0.717, 1.165) is 25.7 Å².